The molecular weight excluding hydrogens is 314 g/mol. The van der Waals surface area contributed by atoms with Crippen LogP contribution in [0.5, 0.6) is 0 Å². The van der Waals surface area contributed by atoms with E-state index in [1.807, 2.05) is 18.2 Å². The van der Waals surface area contributed by atoms with Crippen molar-refractivity contribution in [2.24, 2.45) is 0 Å². The number of nitrogens with one attached hydrogen (secondary N) is 1. The first kappa shape index (κ1) is 15.2. The Morgan fingerprint density at radius 1 is 1.17 bits per heavy atom. The number of nitrogens with zero attached hydrogens (tertiary/aromatic N) is 2. The van der Waals surface area contributed by atoms with Crippen molar-refractivity contribution in [3.8, 4) is 0 Å². The zero-order valence-electron chi connectivity index (χ0n) is 12.2. The van der Waals surface area contributed by atoms with Gasteiger partial charge in [-0.1, -0.05) is 35.9 Å². The highest BCUT2D eigenvalue weighted by atomic mass is 35.5. The molecule has 5 nitrogen and oxygen atoms in total. The third-order valence-electron chi connectivity index (χ3n) is 3.46. The number of hydrogen-bond acceptors (Lipinski definition) is 3. The third-order valence-corrected chi connectivity index (χ3v) is 3.69. The fourth-order valence-electron chi connectivity index (χ4n) is 2.29. The van der Waals surface area contributed by atoms with E-state index in [1.54, 1.807) is 36.5 Å². The molecule has 1 aromatic heterocycles. The molecule has 0 radical (unpaired) electrons. The van der Waals surface area contributed by atoms with Crippen molar-refractivity contribution in [2.75, 3.05) is 6.54 Å². The number of benzene rings is 2. The summed E-state index contributed by atoms with van der Waals surface area (Å²) in [6.45, 7) is 0.604. The van der Waals surface area contributed by atoms with Crippen LogP contribution in [0.15, 0.2) is 59.5 Å². The van der Waals surface area contributed by atoms with Crippen molar-refractivity contribution in [2.45, 2.75) is 6.54 Å². The number of halogens is 1. The molecule has 0 atom stereocenters. The molecule has 2 aromatic carbocycles. The van der Waals surface area contributed by atoms with Gasteiger partial charge < -0.3 is 5.32 Å². The summed E-state index contributed by atoms with van der Waals surface area (Å²) >= 11 is 5.86. The van der Waals surface area contributed by atoms with Gasteiger partial charge in [0.05, 0.1) is 18.1 Å². The largest absolute Gasteiger partial charge is 0.350 e. The van der Waals surface area contributed by atoms with E-state index in [0.717, 1.165) is 5.39 Å². The van der Waals surface area contributed by atoms with Crippen molar-refractivity contribution in [1.29, 1.82) is 0 Å². The van der Waals surface area contributed by atoms with Crippen LogP contribution < -0.4 is 10.9 Å². The Bertz CT molecular complexity index is 921. The van der Waals surface area contributed by atoms with E-state index >= 15 is 0 Å². The smallest absolute Gasteiger partial charge is 0.274 e. The van der Waals surface area contributed by atoms with Gasteiger partial charge in [-0.05, 0) is 24.3 Å². The second kappa shape index (κ2) is 6.62. The van der Waals surface area contributed by atoms with Crippen LogP contribution in [0.4, 0.5) is 0 Å². The third kappa shape index (κ3) is 3.40. The minimum absolute atomic E-state index is 0.167. The van der Waals surface area contributed by atoms with Crippen molar-refractivity contribution >= 4 is 28.3 Å². The fraction of sp³-hybridized carbons (Fsp3) is 0.118. The SMILES string of the molecule is O=C(NCCn1ncc2ccccc2c1=O)c1cccc(Cl)c1. The first-order chi connectivity index (χ1) is 11.1. The lowest BCUT2D eigenvalue weighted by Crippen LogP contribution is -2.32. The van der Waals surface area contributed by atoms with Crippen LogP contribution in [0.25, 0.3) is 10.8 Å². The molecule has 1 heterocycles. The summed E-state index contributed by atoms with van der Waals surface area (Å²) in [7, 11) is 0. The van der Waals surface area contributed by atoms with Gasteiger partial charge in [-0.2, -0.15) is 5.10 Å². The van der Waals surface area contributed by atoms with E-state index in [1.165, 1.54) is 4.68 Å². The first-order valence-electron chi connectivity index (χ1n) is 7.14. The van der Waals surface area contributed by atoms with Gasteiger partial charge in [-0.25, -0.2) is 4.68 Å². The minimum Gasteiger partial charge on any atom is -0.350 e. The monoisotopic (exact) mass is 327 g/mol. The van der Waals surface area contributed by atoms with Crippen LogP contribution >= 0.6 is 11.6 Å². The highest BCUT2D eigenvalue weighted by Gasteiger charge is 2.07. The van der Waals surface area contributed by atoms with Gasteiger partial charge in [0.25, 0.3) is 11.5 Å². The average molecular weight is 328 g/mol. The van der Waals surface area contributed by atoms with Gasteiger partial charge in [-0.15, -0.1) is 0 Å². The van der Waals surface area contributed by atoms with Gasteiger partial charge in [0.15, 0.2) is 0 Å². The van der Waals surface area contributed by atoms with Crippen LogP contribution in [-0.2, 0) is 6.54 Å². The molecule has 1 N–H and O–H groups in total. The number of amides is 1. The van der Waals surface area contributed by atoms with Crippen molar-refractivity contribution in [3.05, 3.63) is 75.7 Å². The number of rotatable bonds is 4. The summed E-state index contributed by atoms with van der Waals surface area (Å²) in [4.78, 5) is 24.3. The number of aromatic nitrogens is 2. The molecule has 0 spiro atoms. The predicted octanol–water partition coefficient (Wildman–Crippen LogP) is 2.48. The molecule has 0 fully saturated rings. The van der Waals surface area contributed by atoms with Gasteiger partial charge in [0, 0.05) is 22.5 Å². The topological polar surface area (TPSA) is 64.0 Å². The van der Waals surface area contributed by atoms with E-state index in [2.05, 4.69) is 10.4 Å². The second-order valence-electron chi connectivity index (χ2n) is 5.03. The van der Waals surface area contributed by atoms with Crippen LogP contribution in [0.2, 0.25) is 5.02 Å². The van der Waals surface area contributed by atoms with Crippen LogP contribution in [0.3, 0.4) is 0 Å². The van der Waals surface area contributed by atoms with E-state index in [9.17, 15) is 9.59 Å². The Morgan fingerprint density at radius 2 is 2.00 bits per heavy atom. The molecule has 3 rings (SSSR count). The van der Waals surface area contributed by atoms with Crippen LogP contribution in [0, 0.1) is 0 Å². The maximum atomic E-state index is 12.3. The lowest BCUT2D eigenvalue weighted by Gasteiger charge is -2.08. The molecule has 0 saturated carbocycles. The zero-order chi connectivity index (χ0) is 16.2. The van der Waals surface area contributed by atoms with Crippen LogP contribution in [-0.4, -0.2) is 22.2 Å². The summed E-state index contributed by atoms with van der Waals surface area (Å²) < 4.78 is 1.35. The second-order valence-corrected chi connectivity index (χ2v) is 5.46. The summed E-state index contributed by atoms with van der Waals surface area (Å²) in [5.74, 6) is -0.235. The van der Waals surface area contributed by atoms with E-state index < -0.39 is 0 Å². The minimum atomic E-state index is -0.235. The molecule has 0 bridgehead atoms. The summed E-state index contributed by atoms with van der Waals surface area (Å²) in [6.07, 6.45) is 1.65. The van der Waals surface area contributed by atoms with E-state index in [-0.39, 0.29) is 11.5 Å². The maximum Gasteiger partial charge on any atom is 0.274 e. The Kier molecular flexibility index (Phi) is 4.39. The maximum absolute atomic E-state index is 12.3. The molecule has 0 aliphatic carbocycles. The molecule has 0 aliphatic rings. The molecule has 23 heavy (non-hydrogen) atoms. The normalized spacial score (nSPS) is 10.7. The predicted molar refractivity (Wildman–Crippen MR) is 89.8 cm³/mol. The number of fused-ring (bicyclic) bond motifs is 1. The summed E-state index contributed by atoms with van der Waals surface area (Å²) in [5.41, 5.74) is 0.316. The highest BCUT2D eigenvalue weighted by Crippen LogP contribution is 2.10. The summed E-state index contributed by atoms with van der Waals surface area (Å²) in [5, 5.41) is 8.80. The number of carbonyl (C=O) groups excluding carboxylic acids is 1. The highest BCUT2D eigenvalue weighted by molar-refractivity contribution is 6.30. The molecular formula is C17H14ClN3O2. The number of carbonyl (C=O) groups is 1. The molecule has 1 amide bonds. The Hall–Kier alpha value is -2.66. The van der Waals surface area contributed by atoms with Gasteiger partial charge in [-0.3, -0.25) is 9.59 Å². The van der Waals surface area contributed by atoms with Crippen molar-refractivity contribution in [1.82, 2.24) is 15.1 Å². The summed E-state index contributed by atoms with van der Waals surface area (Å²) in [6, 6.07) is 14.0. The average Bonchev–Trinajstić information content (AvgIpc) is 2.57. The van der Waals surface area contributed by atoms with Gasteiger partial charge in [0.2, 0.25) is 0 Å². The van der Waals surface area contributed by atoms with E-state index in [0.29, 0.717) is 29.1 Å². The molecule has 116 valence electrons. The van der Waals surface area contributed by atoms with Crippen LogP contribution in [0.1, 0.15) is 10.4 Å². The lowest BCUT2D eigenvalue weighted by molar-refractivity contribution is 0.0952. The standard InChI is InChI=1S/C17H14ClN3O2/c18-14-6-3-5-12(10-14)16(22)19-8-9-21-17(23)15-7-2-1-4-13(15)11-20-21/h1-7,10-11H,8-9H2,(H,19,22). The molecule has 0 aliphatic heterocycles. The zero-order valence-corrected chi connectivity index (χ0v) is 13.0. The first-order valence-corrected chi connectivity index (χ1v) is 7.51. The Labute approximate surface area is 137 Å². The fourth-order valence-corrected chi connectivity index (χ4v) is 2.48. The molecule has 0 unspecified atom stereocenters. The number of hydrogen-bond donors (Lipinski definition) is 1. The van der Waals surface area contributed by atoms with Gasteiger partial charge >= 0.3 is 0 Å². The lowest BCUT2D eigenvalue weighted by atomic mass is 10.2. The van der Waals surface area contributed by atoms with E-state index in [4.69, 9.17) is 11.6 Å². The molecule has 6 heteroatoms. The quantitative estimate of drug-likeness (QED) is 0.800. The van der Waals surface area contributed by atoms with Crippen molar-refractivity contribution in [3.63, 3.8) is 0 Å². The van der Waals surface area contributed by atoms with Crippen molar-refractivity contribution < 1.29 is 4.79 Å². The Morgan fingerprint density at radius 3 is 2.83 bits per heavy atom. The van der Waals surface area contributed by atoms with Gasteiger partial charge in [0.1, 0.15) is 0 Å². The molecule has 0 saturated heterocycles. The Balaban J connectivity index is 1.68. The molecule has 3 aromatic rings.